The van der Waals surface area contributed by atoms with E-state index in [2.05, 4.69) is 96.9 Å². The summed E-state index contributed by atoms with van der Waals surface area (Å²) in [6.45, 7) is 10.7. The van der Waals surface area contributed by atoms with Gasteiger partial charge in [0.1, 0.15) is 0 Å². The summed E-state index contributed by atoms with van der Waals surface area (Å²) < 4.78 is 1.04. The van der Waals surface area contributed by atoms with E-state index in [0.717, 1.165) is 49.5 Å². The second kappa shape index (κ2) is 21.7. The normalized spacial score (nSPS) is 10.0. The molecule has 5 rings (SSSR count). The molecule has 0 aliphatic heterocycles. The molecule has 2 aromatic heterocycles. The van der Waals surface area contributed by atoms with Crippen molar-refractivity contribution in [2.45, 2.75) is 34.6 Å². The molecule has 4 nitrogen and oxygen atoms in total. The van der Waals surface area contributed by atoms with Crippen LogP contribution >= 0.6 is 83.9 Å². The van der Waals surface area contributed by atoms with Crippen LogP contribution in [0.25, 0.3) is 22.3 Å². The van der Waals surface area contributed by atoms with Crippen LogP contribution in [0.1, 0.15) is 39.2 Å². The molecule has 0 aliphatic carbocycles. The Hall–Kier alpha value is -1.26. The van der Waals surface area contributed by atoms with E-state index in [1.807, 2.05) is 48.8 Å². The van der Waals surface area contributed by atoms with Gasteiger partial charge in [-0.1, -0.05) is 28.1 Å². The van der Waals surface area contributed by atoms with E-state index in [9.17, 15) is 0 Å². The molecule has 0 unspecified atom stereocenters. The van der Waals surface area contributed by atoms with Crippen LogP contribution < -0.4 is 0 Å². The van der Waals surface area contributed by atoms with E-state index < -0.39 is 0 Å². The van der Waals surface area contributed by atoms with Gasteiger partial charge in [-0.2, -0.15) is 0 Å². The summed E-state index contributed by atoms with van der Waals surface area (Å²) in [5, 5.41) is 0. The summed E-state index contributed by atoms with van der Waals surface area (Å²) in [6, 6.07) is 25.0. The van der Waals surface area contributed by atoms with Gasteiger partial charge in [0.2, 0.25) is 0 Å². The van der Waals surface area contributed by atoms with Gasteiger partial charge in [-0.25, -0.2) is 0 Å². The molecule has 0 fully saturated rings. The van der Waals surface area contributed by atoms with E-state index in [0.29, 0.717) is 0 Å². The molecule has 46 heavy (non-hydrogen) atoms. The predicted molar refractivity (Wildman–Crippen MR) is 213 cm³/mol. The molecule has 3 aromatic carbocycles. The molecule has 2 radical (unpaired) electrons. The van der Waals surface area contributed by atoms with Gasteiger partial charge < -0.3 is 0 Å². The zero-order valence-electron chi connectivity index (χ0n) is 25.6. The largest absolute Gasteiger partial charge is 0.255 e. The first-order chi connectivity index (χ1) is 19.3. The Labute approximate surface area is 344 Å². The van der Waals surface area contributed by atoms with Gasteiger partial charge in [0.25, 0.3) is 0 Å². The molecule has 0 amide bonds. The third-order valence-corrected chi connectivity index (χ3v) is 7.46. The standard InChI is InChI=1S/C35H31BrN4.4BrH.2Cu/c1-22-14-27(15-23(2)34(22)39-20-30-10-6-8-12-37-30)32-18-29(36)19-33(26(32)5)28-16-24(3)35(25(4)17-28)40-21-31-11-7-9-13-38-31;;;;;;/h6-21H,1-5H3;4*1H;;. The quantitative estimate of drug-likeness (QED) is 0.126. The van der Waals surface area contributed by atoms with Crippen molar-refractivity contribution in [3.05, 3.63) is 129 Å². The fourth-order valence-electron chi connectivity index (χ4n) is 5.07. The Morgan fingerprint density at radius 1 is 0.543 bits per heavy atom. The topological polar surface area (TPSA) is 50.5 Å². The molecule has 0 saturated heterocycles. The Balaban J connectivity index is 0. The molecule has 11 heteroatoms. The minimum atomic E-state index is 0. The number of aryl methyl sites for hydroxylation is 4. The summed E-state index contributed by atoms with van der Waals surface area (Å²) in [7, 11) is 0. The van der Waals surface area contributed by atoms with Crippen LogP contribution in [0.4, 0.5) is 11.4 Å². The van der Waals surface area contributed by atoms with Gasteiger partial charge >= 0.3 is 0 Å². The zero-order chi connectivity index (χ0) is 28.2. The van der Waals surface area contributed by atoms with E-state index >= 15 is 0 Å². The number of aliphatic imine (C=N–C) groups is 2. The smallest absolute Gasteiger partial charge is 0.0812 e. The summed E-state index contributed by atoms with van der Waals surface area (Å²) >= 11 is 3.79. The molecule has 0 aliphatic rings. The Morgan fingerprint density at radius 3 is 1.20 bits per heavy atom. The minimum Gasteiger partial charge on any atom is -0.255 e. The summed E-state index contributed by atoms with van der Waals surface area (Å²) in [4.78, 5) is 18.2. The number of hydrogen-bond donors (Lipinski definition) is 0. The second-order valence-electron chi connectivity index (χ2n) is 10.1. The fourth-order valence-corrected chi connectivity index (χ4v) is 5.53. The number of nitrogens with zero attached hydrogens (tertiary/aromatic N) is 4. The number of pyridine rings is 2. The van der Waals surface area contributed by atoms with Crippen LogP contribution in [0.3, 0.4) is 0 Å². The Morgan fingerprint density at radius 2 is 0.891 bits per heavy atom. The third-order valence-electron chi connectivity index (χ3n) is 7.00. The van der Waals surface area contributed by atoms with Crippen LogP contribution in [-0.4, -0.2) is 22.4 Å². The number of benzene rings is 3. The van der Waals surface area contributed by atoms with Gasteiger partial charge in [0.15, 0.2) is 0 Å². The third kappa shape index (κ3) is 11.4. The monoisotopic (exact) mass is 1030 g/mol. The average molecular weight is 1040 g/mol. The predicted octanol–water partition coefficient (Wildman–Crippen LogP) is 11.9. The first-order valence-corrected chi connectivity index (χ1v) is 14.0. The summed E-state index contributed by atoms with van der Waals surface area (Å²) in [5.41, 5.74) is 14.2. The minimum absolute atomic E-state index is 0. The Kier molecular flexibility index (Phi) is 22.1. The van der Waals surface area contributed by atoms with Gasteiger partial charge in [-0.15, -0.1) is 67.9 Å². The van der Waals surface area contributed by atoms with Crippen molar-refractivity contribution in [3.8, 4) is 22.3 Å². The van der Waals surface area contributed by atoms with Crippen molar-refractivity contribution in [1.82, 2.24) is 9.97 Å². The molecule has 0 atom stereocenters. The maximum Gasteiger partial charge on any atom is 0.0812 e. The molecule has 252 valence electrons. The maximum absolute atomic E-state index is 4.77. The Bertz CT molecular complexity index is 1590. The van der Waals surface area contributed by atoms with Crippen molar-refractivity contribution < 1.29 is 34.1 Å². The van der Waals surface area contributed by atoms with E-state index in [4.69, 9.17) is 9.98 Å². The van der Waals surface area contributed by atoms with Crippen LogP contribution in [0.2, 0.25) is 0 Å². The second-order valence-corrected chi connectivity index (χ2v) is 11.0. The van der Waals surface area contributed by atoms with Crippen molar-refractivity contribution in [2.75, 3.05) is 0 Å². The number of hydrogen-bond acceptors (Lipinski definition) is 4. The van der Waals surface area contributed by atoms with Crippen molar-refractivity contribution >= 4 is 108 Å². The molecular formula is C35H35Br5Cu2N4. The first kappa shape index (κ1) is 46.9. The van der Waals surface area contributed by atoms with Crippen molar-refractivity contribution in [2.24, 2.45) is 9.98 Å². The van der Waals surface area contributed by atoms with Crippen LogP contribution in [0.15, 0.2) is 99.6 Å². The first-order valence-electron chi connectivity index (χ1n) is 13.2. The van der Waals surface area contributed by atoms with Crippen LogP contribution in [0, 0.1) is 34.6 Å². The molecule has 0 spiro atoms. The van der Waals surface area contributed by atoms with Crippen molar-refractivity contribution in [1.29, 1.82) is 0 Å². The number of halogens is 5. The van der Waals surface area contributed by atoms with Gasteiger partial charge in [0.05, 0.1) is 35.2 Å². The maximum atomic E-state index is 4.77. The van der Waals surface area contributed by atoms with E-state index in [-0.39, 0.29) is 102 Å². The van der Waals surface area contributed by atoms with E-state index in [1.165, 1.54) is 27.8 Å². The summed E-state index contributed by atoms with van der Waals surface area (Å²) in [5.74, 6) is 0. The van der Waals surface area contributed by atoms with Crippen LogP contribution in [-0.2, 0) is 34.1 Å². The van der Waals surface area contributed by atoms with Crippen LogP contribution in [0.5, 0.6) is 0 Å². The SMILES string of the molecule is Br.Br.Br.Br.Cc1cc(-c2cc(Br)cc(-c3cc(C)c(N=Cc4ccccn4)c(C)c3)c2C)cc(C)c1N=Cc1ccccn1.[Cu].[Cu]. The fraction of sp³-hybridized carbons (Fsp3) is 0.143. The van der Waals surface area contributed by atoms with Gasteiger partial charge in [0, 0.05) is 51.0 Å². The molecule has 0 bridgehead atoms. The van der Waals surface area contributed by atoms with Gasteiger partial charge in [-0.3, -0.25) is 20.0 Å². The zero-order valence-corrected chi connectivity index (χ0v) is 36.0. The number of aromatic nitrogens is 2. The summed E-state index contributed by atoms with van der Waals surface area (Å²) in [6.07, 6.45) is 7.21. The number of rotatable bonds is 6. The van der Waals surface area contributed by atoms with E-state index in [1.54, 1.807) is 12.4 Å². The van der Waals surface area contributed by atoms with Crippen molar-refractivity contribution in [3.63, 3.8) is 0 Å². The molecule has 2 heterocycles. The molecule has 0 saturated carbocycles. The molecular weight excluding hydrogens is 1000 g/mol. The molecule has 0 N–H and O–H groups in total. The average Bonchev–Trinajstić information content (AvgIpc) is 2.94. The molecule has 5 aromatic rings. The van der Waals surface area contributed by atoms with Gasteiger partial charge in [-0.05, 0) is 145 Å².